The Labute approximate surface area is 662 Å². The summed E-state index contributed by atoms with van der Waals surface area (Å²) in [5.41, 5.74) is 13.1. The van der Waals surface area contributed by atoms with Gasteiger partial charge in [-0.05, 0) is 153 Å². The maximum Gasteiger partial charge on any atom is 0.346 e. The summed E-state index contributed by atoms with van der Waals surface area (Å²) < 4.78 is 28.1. The molecule has 3 aliphatic heterocycles. The van der Waals surface area contributed by atoms with Crippen LogP contribution in [-0.4, -0.2) is 64.0 Å². The summed E-state index contributed by atoms with van der Waals surface area (Å²) in [4.78, 5) is 37.6. The van der Waals surface area contributed by atoms with Crippen LogP contribution in [0.5, 0.6) is 23.0 Å². The standard InChI is InChI=1S/C96H112N6O6S2/c1-6-11-16-21-26-33-62-102-84-40-31-32-45-90(84)110-91-67-70(47-61-85(91)102)46-51-74-76-53-57-80(98-76)92(94-86(105-63-34-27-22-17-12-7-2)41-38-42-87(94)106-64-35-28-23-18-13-8-3)82-59-55-78(100-82)75(52-50-72-48-49-73(109-72)68-71(69-97)96(103)104)79-56-60-83(101-79)93(81-58-54-77(74)99-81)95-88(107-65-36-29-24-19-14-9-4)43-39-44-89(95)108-66-37-30-25-20-15-10-5/h31-32,38-45,47-49,53-61,67-68,98,101H,6-30,33-37,62-66H2,1-5H3,(H,103,104)/b71-68+,76-74?,77-74?,78-75?,79-75?,92-80?,92-82?,93-81?,93-83?. The van der Waals surface area contributed by atoms with Crippen LogP contribution in [0.15, 0.2) is 131 Å². The highest BCUT2D eigenvalue weighted by molar-refractivity contribution is 7.99. The number of aliphatic carboxylic acids is 1. The van der Waals surface area contributed by atoms with Crippen molar-refractivity contribution in [3.05, 3.63) is 170 Å². The lowest BCUT2D eigenvalue weighted by Crippen LogP contribution is -2.22. The Bertz CT molecular complexity index is 4670. The van der Waals surface area contributed by atoms with E-state index in [4.69, 9.17) is 28.9 Å². The molecule has 0 saturated carbocycles. The van der Waals surface area contributed by atoms with E-state index in [-0.39, 0.29) is 5.57 Å². The summed E-state index contributed by atoms with van der Waals surface area (Å²) in [7, 11) is 0. The summed E-state index contributed by atoms with van der Waals surface area (Å²) >= 11 is 3.12. The van der Waals surface area contributed by atoms with Gasteiger partial charge in [-0.15, -0.1) is 11.3 Å². The third-order valence-electron chi connectivity index (χ3n) is 20.5. The van der Waals surface area contributed by atoms with Crippen LogP contribution in [0.4, 0.5) is 11.4 Å². The smallest absolute Gasteiger partial charge is 0.346 e. The Kier molecular flexibility index (Phi) is 32.3. The van der Waals surface area contributed by atoms with Gasteiger partial charge in [0.1, 0.15) is 34.6 Å². The fourth-order valence-corrected chi connectivity index (χ4v) is 16.4. The number of carboxylic acids is 1. The van der Waals surface area contributed by atoms with Gasteiger partial charge in [-0.1, -0.05) is 255 Å². The number of rotatable bonds is 43. The van der Waals surface area contributed by atoms with Crippen LogP contribution in [0.1, 0.15) is 276 Å². The van der Waals surface area contributed by atoms with Crippen molar-refractivity contribution in [1.29, 1.82) is 5.26 Å². The number of nitriles is 1. The molecule has 4 aromatic carbocycles. The molecule has 110 heavy (non-hydrogen) atoms. The lowest BCUT2D eigenvalue weighted by atomic mass is 10.0. The van der Waals surface area contributed by atoms with Crippen LogP contribution in [-0.2, 0) is 4.79 Å². The first-order chi connectivity index (χ1) is 54.2. The summed E-state index contributed by atoms with van der Waals surface area (Å²) in [6.45, 7) is 14.4. The molecule has 4 aromatic heterocycles. The minimum atomic E-state index is -1.29. The molecular weight excluding hydrogens is 1400 g/mol. The first-order valence-corrected chi connectivity index (χ1v) is 42.9. The second-order valence-electron chi connectivity index (χ2n) is 29.1. The van der Waals surface area contributed by atoms with Crippen molar-refractivity contribution in [2.75, 3.05) is 37.9 Å². The van der Waals surface area contributed by atoms with Crippen molar-refractivity contribution in [2.45, 2.75) is 237 Å². The average molecular weight is 1510 g/mol. The fourth-order valence-electron chi connectivity index (χ4n) is 14.5. The number of thiophene rings is 1. The Morgan fingerprint density at radius 2 is 0.855 bits per heavy atom. The zero-order valence-corrected chi connectivity index (χ0v) is 67.3. The molecule has 0 unspecified atom stereocenters. The number of nitrogens with zero attached hydrogens (tertiary/aromatic N) is 4. The van der Waals surface area contributed by atoms with E-state index < -0.39 is 5.97 Å². The number of aromatic nitrogens is 4. The highest BCUT2D eigenvalue weighted by Crippen LogP contribution is 2.50. The van der Waals surface area contributed by atoms with Crippen molar-refractivity contribution < 1.29 is 28.8 Å². The number of carbonyl (C=O) groups is 1. The predicted octanol–water partition coefficient (Wildman–Crippen LogP) is 26.8. The fraction of sp³-hybridized carbons (Fsp3) is 0.417. The number of fused-ring (bicyclic) bond motifs is 10. The first-order valence-electron chi connectivity index (χ1n) is 41.3. The van der Waals surface area contributed by atoms with Gasteiger partial charge < -0.3 is 38.9 Å². The van der Waals surface area contributed by atoms with E-state index in [2.05, 4.69) is 182 Å². The highest BCUT2D eigenvalue weighted by Gasteiger charge is 2.27. The number of hydrogen-bond donors (Lipinski definition) is 3. The summed E-state index contributed by atoms with van der Waals surface area (Å²) in [5.74, 6) is 16.1. The van der Waals surface area contributed by atoms with Crippen LogP contribution < -0.4 is 23.8 Å². The number of hydrogen-bond acceptors (Lipinski definition) is 11. The zero-order valence-electron chi connectivity index (χ0n) is 65.7. The predicted molar refractivity (Wildman–Crippen MR) is 460 cm³/mol. The molecule has 0 amide bonds. The van der Waals surface area contributed by atoms with E-state index in [9.17, 15) is 15.2 Å². The Morgan fingerprint density at radius 3 is 1.32 bits per heavy atom. The van der Waals surface area contributed by atoms with Crippen LogP contribution in [0.3, 0.4) is 0 Å². The summed E-state index contributed by atoms with van der Waals surface area (Å²) in [6.07, 6.45) is 44.1. The van der Waals surface area contributed by atoms with Gasteiger partial charge in [0.05, 0.1) is 98.7 Å². The topological polar surface area (TPSA) is 159 Å². The number of H-pyrrole nitrogens is 2. The van der Waals surface area contributed by atoms with E-state index in [1.54, 1.807) is 6.07 Å². The van der Waals surface area contributed by atoms with Crippen molar-refractivity contribution in [3.8, 4) is 75.0 Å². The van der Waals surface area contributed by atoms with Gasteiger partial charge in [-0.3, -0.25) is 0 Å². The largest absolute Gasteiger partial charge is 0.493 e. The number of carboxylic acid groups (broad SMARTS) is 1. The molecule has 3 aliphatic rings. The molecule has 574 valence electrons. The number of para-hydroxylation sites is 1. The van der Waals surface area contributed by atoms with Crippen molar-refractivity contribution in [3.63, 3.8) is 0 Å². The molecule has 0 spiro atoms. The third-order valence-corrected chi connectivity index (χ3v) is 22.6. The van der Waals surface area contributed by atoms with E-state index >= 15 is 0 Å². The number of nitrogens with one attached hydrogen (secondary N) is 2. The van der Waals surface area contributed by atoms with Gasteiger partial charge in [0, 0.05) is 48.9 Å². The molecule has 12 nitrogen and oxygen atoms in total. The van der Waals surface area contributed by atoms with Crippen molar-refractivity contribution in [1.82, 2.24) is 19.9 Å². The van der Waals surface area contributed by atoms with E-state index in [1.807, 2.05) is 42.1 Å². The molecule has 7 heterocycles. The van der Waals surface area contributed by atoms with E-state index in [0.29, 0.717) is 98.6 Å². The molecule has 0 atom stereocenters. The van der Waals surface area contributed by atoms with Crippen LogP contribution in [0, 0.1) is 35.0 Å². The summed E-state index contributed by atoms with van der Waals surface area (Å²) in [6, 6.07) is 41.7. The third kappa shape index (κ3) is 22.5. The maximum absolute atomic E-state index is 12.0. The number of ether oxygens (including phenoxy) is 4. The molecule has 11 rings (SSSR count). The second-order valence-corrected chi connectivity index (χ2v) is 31.3. The summed E-state index contributed by atoms with van der Waals surface area (Å²) in [5, 5.41) is 19.5. The Hall–Kier alpha value is -9.65. The molecule has 3 N–H and O–H groups in total. The van der Waals surface area contributed by atoms with Crippen molar-refractivity contribution >= 4 is 92.9 Å². The molecule has 0 radical (unpaired) electrons. The number of anilines is 2. The molecular formula is C96H112N6O6S2. The lowest BCUT2D eigenvalue weighted by molar-refractivity contribution is -0.132. The molecule has 0 saturated heterocycles. The Morgan fingerprint density at radius 1 is 0.436 bits per heavy atom. The van der Waals surface area contributed by atoms with Crippen LogP contribution >= 0.6 is 23.1 Å². The molecule has 8 aromatic rings. The Balaban J connectivity index is 1.16. The van der Waals surface area contributed by atoms with Gasteiger partial charge in [0.15, 0.2) is 0 Å². The molecule has 8 bridgehead atoms. The second kappa shape index (κ2) is 43.7. The van der Waals surface area contributed by atoms with Crippen molar-refractivity contribution in [2.24, 2.45) is 0 Å². The monoisotopic (exact) mass is 1510 g/mol. The minimum absolute atomic E-state index is 0.357. The number of unbranched alkanes of at least 4 members (excludes halogenated alkanes) is 25. The van der Waals surface area contributed by atoms with Gasteiger partial charge in [0.2, 0.25) is 0 Å². The van der Waals surface area contributed by atoms with E-state index in [1.165, 1.54) is 148 Å². The van der Waals surface area contributed by atoms with Crippen LogP contribution in [0.2, 0.25) is 0 Å². The maximum atomic E-state index is 12.0. The van der Waals surface area contributed by atoms with Gasteiger partial charge in [-0.2, -0.15) is 5.26 Å². The number of aromatic amines is 2. The first kappa shape index (κ1) is 81.3. The quantitative estimate of drug-likeness (QED) is 0.0145. The average Bonchev–Trinajstić information content (AvgIpc) is 1.49. The molecule has 0 fully saturated rings. The van der Waals surface area contributed by atoms with Crippen LogP contribution in [0.25, 0.3) is 74.7 Å². The minimum Gasteiger partial charge on any atom is -0.493 e. The SMILES string of the molecule is CCCCCCCCOc1cccc(OCCCCCCCC)c1-c1c2nc(c(C#Cc3ccc(/C=C(\C#N)C(=O)O)s3)c3ccc([nH]3)c(-c3c(OCCCCCCCC)cccc3OCCCCCCCC)c3nc(c(C#Cc4ccc5c(c4)Sc4ccccc4N5CCCCCCCC)c4ccc1[nH]4)C=C3)C=C2. The molecule has 14 heteroatoms. The zero-order chi connectivity index (χ0) is 76.5. The van der Waals surface area contributed by atoms with Gasteiger partial charge in [-0.25, -0.2) is 14.8 Å². The lowest BCUT2D eigenvalue weighted by Gasteiger charge is -2.33. The van der Waals surface area contributed by atoms with Gasteiger partial charge in [0.25, 0.3) is 0 Å². The highest BCUT2D eigenvalue weighted by atomic mass is 32.2. The number of benzene rings is 4. The van der Waals surface area contributed by atoms with Gasteiger partial charge >= 0.3 is 5.97 Å². The normalized spacial score (nSPS) is 12.1. The van der Waals surface area contributed by atoms with E-state index in [0.717, 1.165) is 134 Å². The molecule has 0 aliphatic carbocycles.